The summed E-state index contributed by atoms with van der Waals surface area (Å²) in [6.07, 6.45) is 0. The van der Waals surface area contributed by atoms with Crippen molar-refractivity contribution in [2.24, 2.45) is 0 Å². The first-order valence-electron chi connectivity index (χ1n) is 6.23. The van der Waals surface area contributed by atoms with Gasteiger partial charge in [-0.25, -0.2) is 4.98 Å². The number of rotatable bonds is 1. The van der Waals surface area contributed by atoms with E-state index in [-0.39, 0.29) is 0 Å². The minimum Gasteiger partial charge on any atom is -0.382 e. The Kier molecular flexibility index (Phi) is 2.65. The van der Waals surface area contributed by atoms with Gasteiger partial charge in [0.1, 0.15) is 17.5 Å². The van der Waals surface area contributed by atoms with Crippen molar-refractivity contribution in [2.75, 3.05) is 5.73 Å². The second kappa shape index (κ2) is 4.35. The molecule has 2 N–H and O–H groups in total. The van der Waals surface area contributed by atoms with Gasteiger partial charge in [-0.3, -0.25) is 0 Å². The Balaban J connectivity index is 2.23. The molecular weight excluding hydrogens is 250 g/mol. The largest absolute Gasteiger partial charge is 0.382 e. The van der Waals surface area contributed by atoms with E-state index in [0.29, 0.717) is 22.7 Å². The van der Waals surface area contributed by atoms with Crippen molar-refractivity contribution >= 4 is 11.5 Å². The number of anilines is 1. The van der Waals surface area contributed by atoms with E-state index in [0.717, 1.165) is 11.3 Å². The first-order chi connectivity index (χ1) is 9.60. The summed E-state index contributed by atoms with van der Waals surface area (Å²) in [5, 5.41) is 13.5. The van der Waals surface area contributed by atoms with Gasteiger partial charge < -0.3 is 5.73 Å². The molecule has 1 aromatic carbocycles. The molecule has 0 radical (unpaired) electrons. The van der Waals surface area contributed by atoms with Gasteiger partial charge in [-0.1, -0.05) is 29.8 Å². The fourth-order valence-electron chi connectivity index (χ4n) is 2.15. The number of aromatic nitrogens is 3. The number of nitrogens with two attached hydrogens (primary N) is 1. The normalized spacial score (nSPS) is 10.7. The predicted octanol–water partition coefficient (Wildman–Crippen LogP) is 2.47. The van der Waals surface area contributed by atoms with Crippen LogP contribution in [0.5, 0.6) is 0 Å². The van der Waals surface area contributed by atoms with Crippen molar-refractivity contribution in [3.63, 3.8) is 0 Å². The van der Waals surface area contributed by atoms with Crippen molar-refractivity contribution < 1.29 is 0 Å². The van der Waals surface area contributed by atoms with Crippen LogP contribution in [-0.2, 0) is 0 Å². The first-order valence-corrected chi connectivity index (χ1v) is 6.23. The number of aryl methyl sites for hydroxylation is 2. The number of nitriles is 1. The average molecular weight is 263 g/mol. The van der Waals surface area contributed by atoms with Crippen LogP contribution in [0.25, 0.3) is 16.9 Å². The molecule has 0 atom stereocenters. The molecule has 5 heteroatoms. The molecule has 0 fully saturated rings. The van der Waals surface area contributed by atoms with Crippen LogP contribution in [0.15, 0.2) is 30.3 Å². The third-order valence-electron chi connectivity index (χ3n) is 3.28. The number of nitrogen functional groups attached to an aromatic ring is 1. The molecule has 0 aliphatic rings. The maximum absolute atomic E-state index is 9.10. The fraction of sp³-hybridized carbons (Fsp3) is 0.133. The molecule has 2 heterocycles. The maximum atomic E-state index is 9.10. The monoisotopic (exact) mass is 263 g/mol. The Bertz CT molecular complexity index is 837. The van der Waals surface area contributed by atoms with Crippen LogP contribution in [0.1, 0.15) is 16.8 Å². The van der Waals surface area contributed by atoms with Gasteiger partial charge in [0.2, 0.25) is 0 Å². The molecule has 0 saturated carbocycles. The van der Waals surface area contributed by atoms with Crippen molar-refractivity contribution in [3.8, 4) is 17.3 Å². The summed E-state index contributed by atoms with van der Waals surface area (Å²) in [5.41, 5.74) is 10.6. The lowest BCUT2D eigenvalue weighted by atomic mass is 10.1. The van der Waals surface area contributed by atoms with E-state index in [4.69, 9.17) is 11.0 Å². The minimum atomic E-state index is 0.327. The lowest BCUT2D eigenvalue weighted by Crippen LogP contribution is -2.05. The molecule has 2 aromatic heterocycles. The summed E-state index contributed by atoms with van der Waals surface area (Å²) in [6, 6.07) is 12.0. The highest BCUT2D eigenvalue weighted by molar-refractivity contribution is 5.67. The molecule has 98 valence electrons. The summed E-state index contributed by atoms with van der Waals surface area (Å²) < 4.78 is 1.51. The summed E-state index contributed by atoms with van der Waals surface area (Å²) >= 11 is 0. The van der Waals surface area contributed by atoms with Crippen molar-refractivity contribution in [1.82, 2.24) is 14.6 Å². The SMILES string of the molecule is Cc1ccc(-c2cc3nc(C)c(C#N)c(N)n3n2)cc1. The van der Waals surface area contributed by atoms with Gasteiger partial charge in [-0.05, 0) is 13.8 Å². The van der Waals surface area contributed by atoms with Crippen LogP contribution in [-0.4, -0.2) is 14.6 Å². The van der Waals surface area contributed by atoms with Crippen LogP contribution < -0.4 is 5.73 Å². The van der Waals surface area contributed by atoms with Crippen LogP contribution in [0.4, 0.5) is 5.82 Å². The Morgan fingerprint density at radius 3 is 2.55 bits per heavy atom. The second-order valence-corrected chi connectivity index (χ2v) is 4.73. The Hall–Kier alpha value is -2.87. The zero-order valence-corrected chi connectivity index (χ0v) is 11.3. The topological polar surface area (TPSA) is 80.0 Å². The van der Waals surface area contributed by atoms with Gasteiger partial charge in [0.25, 0.3) is 0 Å². The molecular formula is C15H13N5. The van der Waals surface area contributed by atoms with E-state index < -0.39 is 0 Å². The second-order valence-electron chi connectivity index (χ2n) is 4.73. The lowest BCUT2D eigenvalue weighted by molar-refractivity contribution is 0.940. The van der Waals surface area contributed by atoms with Crippen LogP contribution in [0, 0.1) is 25.2 Å². The predicted molar refractivity (Wildman–Crippen MR) is 77.0 cm³/mol. The Morgan fingerprint density at radius 1 is 1.20 bits per heavy atom. The molecule has 20 heavy (non-hydrogen) atoms. The molecule has 0 aliphatic carbocycles. The van der Waals surface area contributed by atoms with Crippen molar-refractivity contribution in [1.29, 1.82) is 5.26 Å². The fourth-order valence-corrected chi connectivity index (χ4v) is 2.15. The van der Waals surface area contributed by atoms with Crippen LogP contribution >= 0.6 is 0 Å². The molecule has 0 aliphatic heterocycles. The molecule has 0 bridgehead atoms. The van der Waals surface area contributed by atoms with Gasteiger partial charge in [0.15, 0.2) is 5.65 Å². The molecule has 5 nitrogen and oxygen atoms in total. The Labute approximate surface area is 116 Å². The summed E-state index contributed by atoms with van der Waals surface area (Å²) in [4.78, 5) is 4.37. The number of hydrogen-bond donors (Lipinski definition) is 1. The standard InChI is InChI=1S/C15H13N5/c1-9-3-5-11(6-4-9)13-7-14-18-10(2)12(8-16)15(17)20(14)19-13/h3-7H,17H2,1-2H3. The zero-order valence-electron chi connectivity index (χ0n) is 11.3. The number of nitrogens with zero attached hydrogens (tertiary/aromatic N) is 4. The number of hydrogen-bond acceptors (Lipinski definition) is 4. The van der Waals surface area contributed by atoms with Gasteiger partial charge in [0.05, 0.1) is 11.4 Å². The van der Waals surface area contributed by atoms with E-state index >= 15 is 0 Å². The molecule has 0 spiro atoms. The minimum absolute atomic E-state index is 0.327. The third-order valence-corrected chi connectivity index (χ3v) is 3.28. The van der Waals surface area contributed by atoms with E-state index in [9.17, 15) is 0 Å². The molecule has 0 amide bonds. The van der Waals surface area contributed by atoms with Gasteiger partial charge in [-0.15, -0.1) is 0 Å². The molecule has 0 unspecified atom stereocenters. The van der Waals surface area contributed by atoms with E-state index in [1.165, 1.54) is 10.1 Å². The van der Waals surface area contributed by atoms with Crippen LogP contribution in [0.3, 0.4) is 0 Å². The number of benzene rings is 1. The highest BCUT2D eigenvalue weighted by atomic mass is 15.3. The van der Waals surface area contributed by atoms with Gasteiger partial charge in [0, 0.05) is 11.6 Å². The average Bonchev–Trinajstić information content (AvgIpc) is 2.84. The highest BCUT2D eigenvalue weighted by Gasteiger charge is 2.13. The zero-order chi connectivity index (χ0) is 14.3. The molecule has 0 saturated heterocycles. The van der Waals surface area contributed by atoms with Gasteiger partial charge in [-0.2, -0.15) is 14.9 Å². The summed E-state index contributed by atoms with van der Waals surface area (Å²) in [6.45, 7) is 3.81. The third kappa shape index (κ3) is 1.79. The lowest BCUT2D eigenvalue weighted by Gasteiger charge is -2.03. The summed E-state index contributed by atoms with van der Waals surface area (Å²) in [7, 11) is 0. The molecule has 3 rings (SSSR count). The highest BCUT2D eigenvalue weighted by Crippen LogP contribution is 2.23. The van der Waals surface area contributed by atoms with Crippen molar-refractivity contribution in [3.05, 3.63) is 47.2 Å². The van der Waals surface area contributed by atoms with Gasteiger partial charge >= 0.3 is 0 Å². The first kappa shape index (κ1) is 12.2. The smallest absolute Gasteiger partial charge is 0.158 e. The van der Waals surface area contributed by atoms with Crippen LogP contribution in [0.2, 0.25) is 0 Å². The van der Waals surface area contributed by atoms with E-state index in [1.807, 2.05) is 37.3 Å². The molecule has 3 aromatic rings. The number of fused-ring (bicyclic) bond motifs is 1. The van der Waals surface area contributed by atoms with Crippen molar-refractivity contribution in [2.45, 2.75) is 13.8 Å². The quantitative estimate of drug-likeness (QED) is 0.731. The van der Waals surface area contributed by atoms with E-state index in [1.54, 1.807) is 6.92 Å². The Morgan fingerprint density at radius 2 is 1.90 bits per heavy atom. The van der Waals surface area contributed by atoms with E-state index in [2.05, 4.69) is 16.2 Å². The maximum Gasteiger partial charge on any atom is 0.158 e. The summed E-state index contributed by atoms with van der Waals surface area (Å²) in [5.74, 6) is 0.327.